The molecule has 160 valence electrons. The van der Waals surface area contributed by atoms with Crippen molar-refractivity contribution in [2.45, 2.75) is 32.6 Å². The number of amides is 1. The van der Waals surface area contributed by atoms with Crippen molar-refractivity contribution in [1.82, 2.24) is 4.98 Å². The monoisotopic (exact) mass is 422 g/mol. The molecule has 6 heteroatoms. The molecule has 31 heavy (non-hydrogen) atoms. The van der Waals surface area contributed by atoms with Crippen molar-refractivity contribution < 1.29 is 18.4 Å². The Hall–Kier alpha value is -3.41. The Morgan fingerprint density at radius 3 is 2.26 bits per heavy atom. The Labute approximate surface area is 180 Å². The second-order valence-electron chi connectivity index (χ2n) is 7.36. The quantitative estimate of drug-likeness (QED) is 0.350. The summed E-state index contributed by atoms with van der Waals surface area (Å²) in [4.78, 5) is 29.4. The molecular formula is C25H24F2N2O2. The van der Waals surface area contributed by atoms with Gasteiger partial charge in [-0.25, -0.2) is 9.37 Å². The van der Waals surface area contributed by atoms with Crippen LogP contribution in [0.2, 0.25) is 0 Å². The number of aryl methyl sites for hydroxylation is 1. The van der Waals surface area contributed by atoms with E-state index in [0.717, 1.165) is 11.1 Å². The SMILES string of the molecule is CCCC(=O)N(C)c1ccc(-c2ccc(C(=O)CCc3ccc(F)nc3)cc2)cc1F. The minimum atomic E-state index is -0.547. The maximum absolute atomic E-state index is 14.6. The number of hydrogen-bond donors (Lipinski definition) is 0. The summed E-state index contributed by atoms with van der Waals surface area (Å²) in [5.74, 6) is -1.19. The van der Waals surface area contributed by atoms with E-state index in [-0.39, 0.29) is 23.8 Å². The first-order chi connectivity index (χ1) is 14.9. The summed E-state index contributed by atoms with van der Waals surface area (Å²) in [6.45, 7) is 1.90. The summed E-state index contributed by atoms with van der Waals surface area (Å²) in [6, 6.07) is 14.6. The Morgan fingerprint density at radius 1 is 0.935 bits per heavy atom. The molecule has 0 atom stereocenters. The molecule has 0 aliphatic rings. The van der Waals surface area contributed by atoms with E-state index in [2.05, 4.69) is 4.98 Å². The van der Waals surface area contributed by atoms with Gasteiger partial charge < -0.3 is 4.90 Å². The van der Waals surface area contributed by atoms with Crippen molar-refractivity contribution in [2.75, 3.05) is 11.9 Å². The van der Waals surface area contributed by atoms with Crippen LogP contribution in [0.15, 0.2) is 60.8 Å². The molecule has 0 spiro atoms. The lowest BCUT2D eigenvalue weighted by atomic mass is 9.99. The number of hydrogen-bond acceptors (Lipinski definition) is 3. The first kappa shape index (κ1) is 22.3. The average Bonchev–Trinajstić information content (AvgIpc) is 2.78. The molecule has 0 saturated heterocycles. The van der Waals surface area contributed by atoms with Crippen LogP contribution in [-0.2, 0) is 11.2 Å². The number of halogens is 2. The van der Waals surface area contributed by atoms with E-state index in [0.29, 0.717) is 30.4 Å². The van der Waals surface area contributed by atoms with Gasteiger partial charge in [-0.15, -0.1) is 0 Å². The molecule has 0 aliphatic heterocycles. The van der Waals surface area contributed by atoms with Crippen LogP contribution in [0, 0.1) is 11.8 Å². The van der Waals surface area contributed by atoms with Gasteiger partial charge in [-0.3, -0.25) is 9.59 Å². The number of anilines is 1. The van der Waals surface area contributed by atoms with Gasteiger partial charge in [0.25, 0.3) is 0 Å². The van der Waals surface area contributed by atoms with E-state index in [1.54, 1.807) is 49.5 Å². The number of nitrogens with zero attached hydrogens (tertiary/aromatic N) is 2. The molecule has 0 fully saturated rings. The first-order valence-electron chi connectivity index (χ1n) is 10.2. The molecule has 0 radical (unpaired) electrons. The Morgan fingerprint density at radius 2 is 1.65 bits per heavy atom. The molecule has 0 saturated carbocycles. The van der Waals surface area contributed by atoms with Gasteiger partial charge in [0, 0.05) is 31.6 Å². The highest BCUT2D eigenvalue weighted by Gasteiger charge is 2.15. The van der Waals surface area contributed by atoms with E-state index in [4.69, 9.17) is 0 Å². The third-order valence-corrected chi connectivity index (χ3v) is 5.12. The molecule has 1 aromatic heterocycles. The molecular weight excluding hydrogens is 398 g/mol. The van der Waals surface area contributed by atoms with E-state index >= 15 is 0 Å². The topological polar surface area (TPSA) is 50.3 Å². The molecule has 3 aromatic rings. The van der Waals surface area contributed by atoms with Crippen LogP contribution in [-0.4, -0.2) is 23.7 Å². The van der Waals surface area contributed by atoms with Gasteiger partial charge in [-0.05, 0) is 47.7 Å². The molecule has 2 aromatic carbocycles. The highest BCUT2D eigenvalue weighted by molar-refractivity contribution is 5.96. The normalized spacial score (nSPS) is 10.7. The third-order valence-electron chi connectivity index (χ3n) is 5.12. The smallest absolute Gasteiger partial charge is 0.226 e. The summed E-state index contributed by atoms with van der Waals surface area (Å²) in [5.41, 5.74) is 3.02. The van der Waals surface area contributed by atoms with E-state index in [9.17, 15) is 18.4 Å². The van der Waals surface area contributed by atoms with Crippen LogP contribution in [0.25, 0.3) is 11.1 Å². The fourth-order valence-electron chi connectivity index (χ4n) is 3.28. The van der Waals surface area contributed by atoms with Crippen LogP contribution < -0.4 is 4.90 Å². The van der Waals surface area contributed by atoms with Crippen molar-refractivity contribution in [1.29, 1.82) is 0 Å². The molecule has 3 rings (SSSR count). The van der Waals surface area contributed by atoms with Crippen molar-refractivity contribution in [3.63, 3.8) is 0 Å². The van der Waals surface area contributed by atoms with Crippen LogP contribution in [0.3, 0.4) is 0 Å². The van der Waals surface area contributed by atoms with Crippen LogP contribution in [0.4, 0.5) is 14.5 Å². The summed E-state index contributed by atoms with van der Waals surface area (Å²) in [7, 11) is 1.57. The minimum Gasteiger partial charge on any atom is -0.313 e. The standard InChI is InChI=1S/C25H24F2N2O2/c1-3-4-25(31)29(2)22-12-11-20(15-21(22)26)18-7-9-19(10-8-18)23(30)13-5-17-6-14-24(27)28-16-17/h6-12,14-16H,3-5,13H2,1-2H3. The number of rotatable bonds is 8. The maximum Gasteiger partial charge on any atom is 0.226 e. The van der Waals surface area contributed by atoms with Gasteiger partial charge in [-0.1, -0.05) is 43.3 Å². The zero-order chi connectivity index (χ0) is 22.4. The van der Waals surface area contributed by atoms with E-state index < -0.39 is 11.8 Å². The Bertz CT molecular complexity index is 1060. The summed E-state index contributed by atoms with van der Waals surface area (Å²) in [6.07, 6.45) is 3.26. The summed E-state index contributed by atoms with van der Waals surface area (Å²) >= 11 is 0. The largest absolute Gasteiger partial charge is 0.313 e. The number of carbonyl (C=O) groups excluding carboxylic acids is 2. The van der Waals surface area contributed by atoms with E-state index in [1.807, 2.05) is 6.92 Å². The van der Waals surface area contributed by atoms with Gasteiger partial charge in [0.1, 0.15) is 5.82 Å². The first-order valence-corrected chi connectivity index (χ1v) is 10.2. The highest BCUT2D eigenvalue weighted by atomic mass is 19.1. The minimum absolute atomic E-state index is 0.0338. The molecule has 0 aliphatic carbocycles. The number of benzene rings is 2. The molecule has 1 heterocycles. The molecule has 4 nitrogen and oxygen atoms in total. The van der Waals surface area contributed by atoms with Crippen molar-refractivity contribution in [3.05, 3.63) is 83.7 Å². The Kier molecular flexibility index (Phi) is 7.23. The molecule has 1 amide bonds. The van der Waals surface area contributed by atoms with Crippen molar-refractivity contribution >= 4 is 17.4 Å². The second kappa shape index (κ2) is 10.1. The van der Waals surface area contributed by atoms with Gasteiger partial charge >= 0.3 is 0 Å². The highest BCUT2D eigenvalue weighted by Crippen LogP contribution is 2.27. The number of pyridine rings is 1. The Balaban J connectivity index is 1.67. The number of aromatic nitrogens is 1. The predicted molar refractivity (Wildman–Crippen MR) is 117 cm³/mol. The van der Waals surface area contributed by atoms with Gasteiger partial charge in [0.2, 0.25) is 11.9 Å². The number of carbonyl (C=O) groups is 2. The zero-order valence-corrected chi connectivity index (χ0v) is 17.6. The third kappa shape index (κ3) is 5.60. The molecule has 0 bridgehead atoms. The average molecular weight is 422 g/mol. The predicted octanol–water partition coefficient (Wildman–Crippen LogP) is 5.61. The van der Waals surface area contributed by atoms with Crippen molar-refractivity contribution in [3.8, 4) is 11.1 Å². The summed E-state index contributed by atoms with van der Waals surface area (Å²) in [5, 5.41) is 0. The van der Waals surface area contributed by atoms with Gasteiger partial charge in [0.15, 0.2) is 5.78 Å². The number of Topliss-reactive ketones (excluding diaryl/α,β-unsaturated/α-hetero) is 1. The lowest BCUT2D eigenvalue weighted by Crippen LogP contribution is -2.26. The van der Waals surface area contributed by atoms with Crippen molar-refractivity contribution in [2.24, 2.45) is 0 Å². The van der Waals surface area contributed by atoms with Gasteiger partial charge in [0.05, 0.1) is 5.69 Å². The number of ketones is 1. The van der Waals surface area contributed by atoms with Crippen LogP contribution in [0.1, 0.15) is 42.1 Å². The fourth-order valence-corrected chi connectivity index (χ4v) is 3.28. The zero-order valence-electron chi connectivity index (χ0n) is 17.6. The van der Waals surface area contributed by atoms with Crippen LogP contribution >= 0.6 is 0 Å². The van der Waals surface area contributed by atoms with E-state index in [1.165, 1.54) is 23.2 Å². The lowest BCUT2D eigenvalue weighted by molar-refractivity contribution is -0.118. The van der Waals surface area contributed by atoms with Crippen LogP contribution in [0.5, 0.6) is 0 Å². The fraction of sp³-hybridized carbons (Fsp3) is 0.240. The maximum atomic E-state index is 14.6. The van der Waals surface area contributed by atoms with Gasteiger partial charge in [-0.2, -0.15) is 4.39 Å². The lowest BCUT2D eigenvalue weighted by Gasteiger charge is -2.18. The molecule has 0 N–H and O–H groups in total. The second-order valence-corrected chi connectivity index (χ2v) is 7.36. The molecule has 0 unspecified atom stereocenters. The summed E-state index contributed by atoms with van der Waals surface area (Å²) < 4.78 is 27.5.